The average molecular weight is 546 g/mol. The van der Waals surface area contributed by atoms with Gasteiger partial charge in [-0.15, -0.1) is 5.10 Å². The summed E-state index contributed by atoms with van der Waals surface area (Å²) in [5.74, 6) is 0.985. The van der Waals surface area contributed by atoms with Crippen LogP contribution >= 0.6 is 0 Å². The van der Waals surface area contributed by atoms with Gasteiger partial charge in [-0.25, -0.2) is 4.68 Å². The van der Waals surface area contributed by atoms with E-state index in [1.807, 2.05) is 69.3 Å². The molecule has 1 heterocycles. The van der Waals surface area contributed by atoms with Crippen molar-refractivity contribution in [2.24, 2.45) is 0 Å². The third-order valence-corrected chi connectivity index (χ3v) is 6.33. The van der Waals surface area contributed by atoms with Crippen molar-refractivity contribution in [3.8, 4) is 17.2 Å². The highest BCUT2D eigenvalue weighted by Crippen LogP contribution is 2.35. The molecule has 4 rings (SSSR count). The van der Waals surface area contributed by atoms with Gasteiger partial charge in [-0.05, 0) is 68.8 Å². The first-order valence-electron chi connectivity index (χ1n) is 12.9. The molecule has 0 fully saturated rings. The second kappa shape index (κ2) is 12.1. The molecule has 0 spiro atoms. The zero-order valence-corrected chi connectivity index (χ0v) is 23.7. The molecule has 2 amide bonds. The predicted octanol–water partition coefficient (Wildman–Crippen LogP) is 4.14. The van der Waals surface area contributed by atoms with E-state index in [-0.39, 0.29) is 24.9 Å². The number of methoxy groups -OCH3 is 3. The lowest BCUT2D eigenvalue weighted by atomic mass is 9.99. The van der Waals surface area contributed by atoms with E-state index in [0.717, 1.165) is 11.1 Å². The van der Waals surface area contributed by atoms with Crippen LogP contribution in [0.15, 0.2) is 66.7 Å². The summed E-state index contributed by atoms with van der Waals surface area (Å²) in [4.78, 5) is 29.7. The van der Waals surface area contributed by atoms with Gasteiger partial charge in [0.2, 0.25) is 11.8 Å². The number of aromatic nitrogens is 3. The Hall–Kier alpha value is -4.60. The normalized spacial score (nSPS) is 12.1. The molecule has 1 atom stereocenters. The van der Waals surface area contributed by atoms with Crippen LogP contribution in [-0.2, 0) is 22.7 Å². The molecule has 40 heavy (non-hydrogen) atoms. The van der Waals surface area contributed by atoms with Crippen molar-refractivity contribution < 1.29 is 23.8 Å². The van der Waals surface area contributed by atoms with E-state index in [9.17, 15) is 9.59 Å². The summed E-state index contributed by atoms with van der Waals surface area (Å²) in [6.45, 7) is 5.69. The van der Waals surface area contributed by atoms with Crippen molar-refractivity contribution in [2.45, 2.75) is 45.4 Å². The lowest BCUT2D eigenvalue weighted by molar-refractivity contribution is -0.142. The van der Waals surface area contributed by atoms with Gasteiger partial charge in [-0.2, -0.15) is 0 Å². The molecule has 0 aliphatic rings. The quantitative estimate of drug-likeness (QED) is 0.319. The van der Waals surface area contributed by atoms with E-state index in [2.05, 4.69) is 15.6 Å². The van der Waals surface area contributed by atoms with Gasteiger partial charge in [0.25, 0.3) is 0 Å². The van der Waals surface area contributed by atoms with E-state index >= 15 is 0 Å². The van der Waals surface area contributed by atoms with Crippen LogP contribution in [0.4, 0.5) is 0 Å². The molecule has 0 aliphatic heterocycles. The topological polar surface area (TPSA) is 108 Å². The van der Waals surface area contributed by atoms with Gasteiger partial charge < -0.3 is 24.4 Å². The van der Waals surface area contributed by atoms with Crippen molar-refractivity contribution in [2.75, 3.05) is 21.3 Å². The number of hydrogen-bond donors (Lipinski definition) is 1. The second-order valence-electron chi connectivity index (χ2n) is 10.4. The third kappa shape index (κ3) is 6.51. The zero-order chi connectivity index (χ0) is 28.9. The van der Waals surface area contributed by atoms with Gasteiger partial charge in [0, 0.05) is 17.6 Å². The molecular formula is C30H35N5O5. The molecule has 0 saturated carbocycles. The van der Waals surface area contributed by atoms with Crippen molar-refractivity contribution in [3.63, 3.8) is 0 Å². The number of nitrogens with one attached hydrogen (secondary N) is 1. The van der Waals surface area contributed by atoms with Crippen LogP contribution in [0.3, 0.4) is 0 Å². The molecule has 0 bridgehead atoms. The summed E-state index contributed by atoms with van der Waals surface area (Å²) >= 11 is 0. The van der Waals surface area contributed by atoms with Crippen molar-refractivity contribution in [1.29, 1.82) is 0 Å². The number of amides is 2. The Morgan fingerprint density at radius 3 is 2.25 bits per heavy atom. The molecule has 1 aromatic heterocycles. The van der Waals surface area contributed by atoms with Crippen LogP contribution in [-0.4, -0.2) is 58.6 Å². The van der Waals surface area contributed by atoms with Crippen LogP contribution in [0.25, 0.3) is 11.0 Å². The minimum Gasteiger partial charge on any atom is -0.497 e. The maximum atomic E-state index is 14.2. The summed E-state index contributed by atoms with van der Waals surface area (Å²) in [5, 5.41) is 11.4. The van der Waals surface area contributed by atoms with Crippen LogP contribution < -0.4 is 19.5 Å². The zero-order valence-electron chi connectivity index (χ0n) is 23.7. The van der Waals surface area contributed by atoms with E-state index in [1.165, 1.54) is 12.0 Å². The smallest absolute Gasteiger partial charge is 0.248 e. The maximum Gasteiger partial charge on any atom is 0.248 e. The van der Waals surface area contributed by atoms with Gasteiger partial charge in [-0.3, -0.25) is 9.59 Å². The highest BCUT2D eigenvalue weighted by molar-refractivity contribution is 5.90. The van der Waals surface area contributed by atoms with Gasteiger partial charge in [0.15, 0.2) is 0 Å². The highest BCUT2D eigenvalue weighted by atomic mass is 16.5. The first-order valence-corrected chi connectivity index (χ1v) is 12.9. The number of para-hydroxylation sites is 1. The van der Waals surface area contributed by atoms with Gasteiger partial charge in [0.1, 0.15) is 35.4 Å². The number of carbonyl (C=O) groups excluding carboxylic acids is 2. The van der Waals surface area contributed by atoms with E-state index in [0.29, 0.717) is 28.3 Å². The summed E-state index contributed by atoms with van der Waals surface area (Å²) in [6, 6.07) is 18.9. The highest BCUT2D eigenvalue weighted by Gasteiger charge is 2.36. The van der Waals surface area contributed by atoms with Gasteiger partial charge in [-0.1, -0.05) is 29.5 Å². The summed E-state index contributed by atoms with van der Waals surface area (Å²) in [5.41, 5.74) is 2.14. The molecule has 0 unspecified atom stereocenters. The van der Waals surface area contributed by atoms with E-state index in [4.69, 9.17) is 14.2 Å². The minimum atomic E-state index is -1.05. The Balaban J connectivity index is 1.84. The summed E-state index contributed by atoms with van der Waals surface area (Å²) in [7, 11) is 4.67. The van der Waals surface area contributed by atoms with Crippen LogP contribution in [0.5, 0.6) is 17.2 Å². The third-order valence-electron chi connectivity index (χ3n) is 6.33. The van der Waals surface area contributed by atoms with Crippen LogP contribution in [0, 0.1) is 0 Å². The van der Waals surface area contributed by atoms with Gasteiger partial charge in [0.05, 0.1) is 26.8 Å². The molecule has 0 radical (unpaired) electrons. The number of nitrogens with zero attached hydrogens (tertiary/aromatic N) is 4. The molecule has 3 aromatic carbocycles. The van der Waals surface area contributed by atoms with Crippen molar-refractivity contribution >= 4 is 22.8 Å². The second-order valence-corrected chi connectivity index (χ2v) is 10.4. The number of hydrogen-bond acceptors (Lipinski definition) is 7. The molecule has 1 N–H and O–H groups in total. The Morgan fingerprint density at radius 2 is 1.60 bits per heavy atom. The SMILES string of the molecule is COc1ccc(CN(C(=O)Cn2nnc3ccccc32)[C@H](C(=O)NC(C)(C)C)c2cc(OC)ccc2OC)cc1. The first kappa shape index (κ1) is 28.4. The fourth-order valence-electron chi connectivity index (χ4n) is 4.45. The van der Waals surface area contributed by atoms with Crippen molar-refractivity contribution in [1.82, 2.24) is 25.2 Å². The van der Waals surface area contributed by atoms with Crippen LogP contribution in [0.1, 0.15) is 37.9 Å². The minimum absolute atomic E-state index is 0.123. The molecule has 0 saturated heterocycles. The lowest BCUT2D eigenvalue weighted by Gasteiger charge is -2.34. The Bertz CT molecular complexity index is 1480. The van der Waals surface area contributed by atoms with Crippen LogP contribution in [0.2, 0.25) is 0 Å². The van der Waals surface area contributed by atoms with Crippen molar-refractivity contribution in [3.05, 3.63) is 77.9 Å². The molecule has 0 aliphatic carbocycles. The Labute approximate surface area is 233 Å². The summed E-state index contributed by atoms with van der Waals surface area (Å²) < 4.78 is 18.0. The average Bonchev–Trinajstić information content (AvgIpc) is 3.34. The molecule has 210 valence electrons. The monoisotopic (exact) mass is 545 g/mol. The molecule has 10 nitrogen and oxygen atoms in total. The van der Waals surface area contributed by atoms with E-state index in [1.54, 1.807) is 37.1 Å². The van der Waals surface area contributed by atoms with Gasteiger partial charge >= 0.3 is 0 Å². The molecule has 10 heteroatoms. The maximum absolute atomic E-state index is 14.2. The number of carbonyl (C=O) groups is 2. The van der Waals surface area contributed by atoms with E-state index < -0.39 is 11.6 Å². The fourth-order valence-corrected chi connectivity index (χ4v) is 4.45. The number of fused-ring (bicyclic) bond motifs is 1. The number of ether oxygens (including phenoxy) is 3. The number of rotatable bonds is 10. The standard InChI is InChI=1S/C30H35N5O5/c1-30(2,3)31-29(37)28(23-17-22(39-5)15-16-26(23)40-6)34(18-20-11-13-21(38-4)14-12-20)27(36)19-35-25-10-8-7-9-24(25)32-33-35/h7-17,28H,18-19H2,1-6H3,(H,31,37)/t28-/m0/s1. The Morgan fingerprint density at radius 1 is 0.925 bits per heavy atom. The first-order chi connectivity index (χ1) is 19.1. The lowest BCUT2D eigenvalue weighted by Crippen LogP contribution is -2.49. The summed E-state index contributed by atoms with van der Waals surface area (Å²) in [6.07, 6.45) is 0. The number of benzene rings is 3. The molecule has 4 aromatic rings. The molecular weight excluding hydrogens is 510 g/mol. The predicted molar refractivity (Wildman–Crippen MR) is 151 cm³/mol. The fraction of sp³-hybridized carbons (Fsp3) is 0.333. The largest absolute Gasteiger partial charge is 0.497 e. The Kier molecular flexibility index (Phi) is 8.57.